The molecular weight excluding hydrogens is 322 g/mol. The van der Waals surface area contributed by atoms with Gasteiger partial charge in [-0.2, -0.15) is 0 Å². The smallest absolute Gasteiger partial charge is 0.174 e. The molecule has 2 N–H and O–H groups in total. The standard InChI is InChI=1S/C18H15N3O2S/c22-13-8-6-12(7-9-13)21-17(15-5-3-11-23-15)16(20-18(21)24)14-4-1-2-10-19-14/h1-11,16-17,22H,(H,20,24)/t16-,17+/m0/s1. The van der Waals surface area contributed by atoms with E-state index < -0.39 is 0 Å². The first-order valence-electron chi connectivity index (χ1n) is 7.57. The van der Waals surface area contributed by atoms with E-state index in [4.69, 9.17) is 16.6 Å². The van der Waals surface area contributed by atoms with E-state index >= 15 is 0 Å². The van der Waals surface area contributed by atoms with Crippen LogP contribution in [0.5, 0.6) is 5.75 Å². The van der Waals surface area contributed by atoms with Crippen molar-refractivity contribution < 1.29 is 9.52 Å². The van der Waals surface area contributed by atoms with Crippen LogP contribution in [0.15, 0.2) is 71.5 Å². The summed E-state index contributed by atoms with van der Waals surface area (Å²) in [5.74, 6) is 1.01. The molecule has 0 saturated carbocycles. The van der Waals surface area contributed by atoms with Gasteiger partial charge in [-0.25, -0.2) is 0 Å². The van der Waals surface area contributed by atoms with Gasteiger partial charge in [-0.05, 0) is 60.7 Å². The van der Waals surface area contributed by atoms with Gasteiger partial charge in [0.05, 0.1) is 18.0 Å². The van der Waals surface area contributed by atoms with Crippen LogP contribution < -0.4 is 10.2 Å². The summed E-state index contributed by atoms with van der Waals surface area (Å²) in [6.45, 7) is 0. The molecule has 3 heterocycles. The Hall–Kier alpha value is -2.86. The van der Waals surface area contributed by atoms with Gasteiger partial charge < -0.3 is 19.7 Å². The molecule has 0 spiro atoms. The molecule has 6 heteroatoms. The van der Waals surface area contributed by atoms with Gasteiger partial charge in [-0.1, -0.05) is 6.07 Å². The Kier molecular flexibility index (Phi) is 3.66. The molecule has 4 rings (SSSR count). The SMILES string of the molecule is Oc1ccc(N2C(=S)N[C@@H](c3ccccn3)[C@H]2c2ccco2)cc1. The number of rotatable bonds is 3. The van der Waals surface area contributed by atoms with Crippen molar-refractivity contribution in [2.45, 2.75) is 12.1 Å². The minimum Gasteiger partial charge on any atom is -0.508 e. The molecule has 0 radical (unpaired) electrons. The maximum atomic E-state index is 9.55. The van der Waals surface area contributed by atoms with E-state index in [9.17, 15) is 5.11 Å². The lowest BCUT2D eigenvalue weighted by molar-refractivity contribution is 0.432. The van der Waals surface area contributed by atoms with Crippen LogP contribution >= 0.6 is 12.2 Å². The topological polar surface area (TPSA) is 61.5 Å². The maximum absolute atomic E-state index is 9.55. The van der Waals surface area contributed by atoms with E-state index in [1.165, 1.54) is 0 Å². The van der Waals surface area contributed by atoms with Gasteiger partial charge in [0.25, 0.3) is 0 Å². The quantitative estimate of drug-likeness (QED) is 0.713. The molecule has 1 fully saturated rings. The highest BCUT2D eigenvalue weighted by Crippen LogP contribution is 2.41. The third-order valence-corrected chi connectivity index (χ3v) is 4.38. The zero-order valence-corrected chi connectivity index (χ0v) is 13.5. The lowest BCUT2D eigenvalue weighted by Crippen LogP contribution is -2.29. The van der Waals surface area contributed by atoms with Gasteiger partial charge in [-0.15, -0.1) is 0 Å². The average Bonchev–Trinajstić information content (AvgIpc) is 3.24. The van der Waals surface area contributed by atoms with Crippen molar-refractivity contribution in [2.75, 3.05) is 4.90 Å². The zero-order valence-electron chi connectivity index (χ0n) is 12.7. The normalized spacial score (nSPS) is 20.2. The number of phenols is 1. The second kappa shape index (κ2) is 5.98. The minimum atomic E-state index is -0.160. The summed E-state index contributed by atoms with van der Waals surface area (Å²) in [5, 5.41) is 13.5. The van der Waals surface area contributed by atoms with Crippen LogP contribution in [0.2, 0.25) is 0 Å². The van der Waals surface area contributed by atoms with Crippen LogP contribution in [0.25, 0.3) is 0 Å². The lowest BCUT2D eigenvalue weighted by Gasteiger charge is -2.26. The third-order valence-electron chi connectivity index (χ3n) is 4.06. The summed E-state index contributed by atoms with van der Waals surface area (Å²) >= 11 is 5.57. The van der Waals surface area contributed by atoms with Crippen molar-refractivity contribution in [3.05, 3.63) is 78.5 Å². The predicted octanol–water partition coefficient (Wildman–Crippen LogP) is 3.56. The van der Waals surface area contributed by atoms with E-state index in [0.29, 0.717) is 5.11 Å². The van der Waals surface area contributed by atoms with Crippen LogP contribution in [-0.4, -0.2) is 15.2 Å². The second-order valence-electron chi connectivity index (χ2n) is 5.53. The number of nitrogens with zero attached hydrogens (tertiary/aromatic N) is 2. The van der Waals surface area contributed by atoms with Gasteiger partial charge in [0, 0.05) is 11.9 Å². The van der Waals surface area contributed by atoms with Crippen molar-refractivity contribution in [3.63, 3.8) is 0 Å². The number of anilines is 1. The highest BCUT2D eigenvalue weighted by atomic mass is 32.1. The van der Waals surface area contributed by atoms with Gasteiger partial charge in [0.1, 0.15) is 17.6 Å². The second-order valence-corrected chi connectivity index (χ2v) is 5.92. The van der Waals surface area contributed by atoms with Gasteiger partial charge in [-0.3, -0.25) is 4.98 Å². The van der Waals surface area contributed by atoms with Crippen LogP contribution in [0.3, 0.4) is 0 Å². The molecule has 0 bridgehead atoms. The van der Waals surface area contributed by atoms with Crippen molar-refractivity contribution in [3.8, 4) is 5.75 Å². The van der Waals surface area contributed by atoms with Gasteiger partial charge in [0.15, 0.2) is 5.11 Å². The van der Waals surface area contributed by atoms with E-state index in [-0.39, 0.29) is 17.8 Å². The van der Waals surface area contributed by atoms with Crippen molar-refractivity contribution in [1.29, 1.82) is 0 Å². The molecule has 0 unspecified atom stereocenters. The molecule has 1 aliphatic rings. The minimum absolute atomic E-state index is 0.126. The summed E-state index contributed by atoms with van der Waals surface area (Å²) in [5.41, 5.74) is 1.77. The van der Waals surface area contributed by atoms with Gasteiger partial charge in [0.2, 0.25) is 0 Å². The molecule has 24 heavy (non-hydrogen) atoms. The third kappa shape index (κ3) is 2.51. The van der Waals surface area contributed by atoms with E-state index in [2.05, 4.69) is 10.3 Å². The first kappa shape index (κ1) is 14.7. The van der Waals surface area contributed by atoms with Crippen LogP contribution in [0.4, 0.5) is 5.69 Å². The molecular formula is C18H15N3O2S. The molecule has 2 aromatic heterocycles. The van der Waals surface area contributed by atoms with Crippen molar-refractivity contribution >= 4 is 23.0 Å². The van der Waals surface area contributed by atoms with Crippen molar-refractivity contribution in [1.82, 2.24) is 10.3 Å². The molecule has 0 aliphatic carbocycles. The average molecular weight is 337 g/mol. The fourth-order valence-corrected chi connectivity index (χ4v) is 3.34. The Morgan fingerprint density at radius 3 is 2.58 bits per heavy atom. The fraction of sp³-hybridized carbons (Fsp3) is 0.111. The van der Waals surface area contributed by atoms with E-state index in [1.807, 2.05) is 47.4 Å². The first-order chi connectivity index (χ1) is 11.7. The number of hydrogen-bond acceptors (Lipinski definition) is 4. The number of phenolic OH excluding ortho intramolecular Hbond substituents is 1. The Balaban J connectivity index is 1.80. The Bertz CT molecular complexity index is 834. The highest BCUT2D eigenvalue weighted by molar-refractivity contribution is 7.80. The van der Waals surface area contributed by atoms with Crippen molar-refractivity contribution in [2.24, 2.45) is 0 Å². The molecule has 1 aliphatic heterocycles. The van der Waals surface area contributed by atoms with E-state index in [0.717, 1.165) is 17.1 Å². The largest absolute Gasteiger partial charge is 0.508 e. The summed E-state index contributed by atoms with van der Waals surface area (Å²) in [4.78, 5) is 6.46. The number of nitrogens with one attached hydrogen (secondary N) is 1. The van der Waals surface area contributed by atoms with Gasteiger partial charge >= 0.3 is 0 Å². The monoisotopic (exact) mass is 337 g/mol. The predicted molar refractivity (Wildman–Crippen MR) is 94.7 cm³/mol. The summed E-state index contributed by atoms with van der Waals surface area (Å²) in [7, 11) is 0. The Morgan fingerprint density at radius 1 is 1.08 bits per heavy atom. The molecule has 1 saturated heterocycles. The molecule has 2 atom stereocenters. The number of thiocarbonyl (C=S) groups is 1. The van der Waals surface area contributed by atoms with Crippen LogP contribution in [-0.2, 0) is 0 Å². The van der Waals surface area contributed by atoms with Crippen LogP contribution in [0, 0.1) is 0 Å². The zero-order chi connectivity index (χ0) is 16.5. The van der Waals surface area contributed by atoms with E-state index in [1.54, 1.807) is 24.6 Å². The lowest BCUT2D eigenvalue weighted by atomic mass is 10.0. The molecule has 1 aromatic carbocycles. The molecule has 5 nitrogen and oxygen atoms in total. The fourth-order valence-electron chi connectivity index (χ4n) is 2.99. The number of benzene rings is 1. The van der Waals surface area contributed by atoms with Crippen LogP contribution in [0.1, 0.15) is 23.5 Å². The molecule has 120 valence electrons. The number of hydrogen-bond donors (Lipinski definition) is 2. The summed E-state index contributed by atoms with van der Waals surface area (Å²) < 4.78 is 5.67. The summed E-state index contributed by atoms with van der Waals surface area (Å²) in [6, 6.07) is 16.3. The Morgan fingerprint density at radius 2 is 1.92 bits per heavy atom. The number of aromatic nitrogens is 1. The number of aromatic hydroxyl groups is 1. The Labute approximate surface area is 144 Å². The highest BCUT2D eigenvalue weighted by Gasteiger charge is 2.42. The molecule has 3 aromatic rings. The number of furan rings is 1. The number of pyridine rings is 1. The summed E-state index contributed by atoms with van der Waals surface area (Å²) in [6.07, 6.45) is 3.42. The molecule has 0 amide bonds. The first-order valence-corrected chi connectivity index (χ1v) is 7.98. The maximum Gasteiger partial charge on any atom is 0.174 e.